The van der Waals surface area contributed by atoms with Gasteiger partial charge in [-0.1, -0.05) is 60.7 Å². The Morgan fingerprint density at radius 1 is 0.960 bits per heavy atom. The molecule has 0 saturated heterocycles. The lowest BCUT2D eigenvalue weighted by atomic mass is 10.1. The molecule has 0 saturated carbocycles. The molecule has 0 fully saturated rings. The van der Waals surface area contributed by atoms with E-state index in [0.717, 1.165) is 24.7 Å². The third-order valence-electron chi connectivity index (χ3n) is 4.24. The lowest BCUT2D eigenvalue weighted by molar-refractivity contribution is 0.807. The van der Waals surface area contributed by atoms with E-state index < -0.39 is 0 Å². The van der Waals surface area contributed by atoms with Crippen molar-refractivity contribution in [1.29, 1.82) is 0 Å². The molecule has 3 aromatic rings. The molecule has 0 spiro atoms. The van der Waals surface area contributed by atoms with Crippen molar-refractivity contribution in [3.8, 4) is 0 Å². The van der Waals surface area contributed by atoms with Crippen molar-refractivity contribution in [3.05, 3.63) is 84.2 Å². The smallest absolute Gasteiger partial charge is 0.134 e. The van der Waals surface area contributed by atoms with Gasteiger partial charge in [0.1, 0.15) is 18.0 Å². The molecule has 4 nitrogen and oxygen atoms in total. The number of nitrogens with one attached hydrogen (secondary N) is 1. The average molecular weight is 332 g/mol. The molecule has 4 heteroatoms. The van der Waals surface area contributed by atoms with E-state index in [4.69, 9.17) is 0 Å². The van der Waals surface area contributed by atoms with Gasteiger partial charge in [0.25, 0.3) is 0 Å². The largest absolute Gasteiger partial charge is 0.363 e. The number of hydrogen-bond donors (Lipinski definition) is 1. The van der Waals surface area contributed by atoms with Crippen LogP contribution in [0.15, 0.2) is 73.1 Å². The van der Waals surface area contributed by atoms with Crippen molar-refractivity contribution in [2.45, 2.75) is 26.4 Å². The minimum atomic E-state index is 0.188. The van der Waals surface area contributed by atoms with Crippen LogP contribution < -0.4 is 10.2 Å². The summed E-state index contributed by atoms with van der Waals surface area (Å²) in [4.78, 5) is 11.1. The van der Waals surface area contributed by atoms with Gasteiger partial charge >= 0.3 is 0 Å². The highest BCUT2D eigenvalue weighted by molar-refractivity contribution is 5.49. The molecule has 1 unspecified atom stereocenters. The SMILES string of the molecule is CCN(Cc1ccccc1)c1cc(NC(C)c2ccccc2)ncn1. The zero-order chi connectivity index (χ0) is 17.5. The van der Waals surface area contributed by atoms with Gasteiger partial charge in [-0.2, -0.15) is 0 Å². The molecule has 0 amide bonds. The van der Waals surface area contributed by atoms with E-state index in [1.165, 1.54) is 11.1 Å². The van der Waals surface area contributed by atoms with Crippen LogP contribution in [0.1, 0.15) is 31.0 Å². The number of aromatic nitrogens is 2. The quantitative estimate of drug-likeness (QED) is 0.682. The fourth-order valence-corrected chi connectivity index (χ4v) is 2.80. The Balaban J connectivity index is 1.73. The minimum Gasteiger partial charge on any atom is -0.363 e. The second kappa shape index (κ2) is 8.29. The molecule has 1 N–H and O–H groups in total. The van der Waals surface area contributed by atoms with Gasteiger partial charge in [0, 0.05) is 25.2 Å². The molecule has 1 aromatic heterocycles. The van der Waals surface area contributed by atoms with Crippen molar-refractivity contribution in [3.63, 3.8) is 0 Å². The van der Waals surface area contributed by atoms with Crippen LogP contribution >= 0.6 is 0 Å². The van der Waals surface area contributed by atoms with Crippen LogP contribution in [0.2, 0.25) is 0 Å². The third kappa shape index (κ3) is 4.57. The molecule has 0 aliphatic heterocycles. The molecular formula is C21H24N4. The Morgan fingerprint density at radius 2 is 1.64 bits per heavy atom. The Kier molecular flexibility index (Phi) is 5.62. The maximum Gasteiger partial charge on any atom is 0.134 e. The molecular weight excluding hydrogens is 308 g/mol. The van der Waals surface area contributed by atoms with Gasteiger partial charge in [0.2, 0.25) is 0 Å². The summed E-state index contributed by atoms with van der Waals surface area (Å²) < 4.78 is 0. The summed E-state index contributed by atoms with van der Waals surface area (Å²) in [6.45, 7) is 6.00. The lowest BCUT2D eigenvalue weighted by Gasteiger charge is -2.23. The predicted molar refractivity (Wildman–Crippen MR) is 104 cm³/mol. The summed E-state index contributed by atoms with van der Waals surface area (Å²) in [7, 11) is 0. The van der Waals surface area contributed by atoms with Gasteiger partial charge in [-0.15, -0.1) is 0 Å². The van der Waals surface area contributed by atoms with Crippen molar-refractivity contribution in [2.24, 2.45) is 0 Å². The molecule has 2 aromatic carbocycles. The summed E-state index contributed by atoms with van der Waals surface area (Å²) in [5.74, 6) is 1.77. The van der Waals surface area contributed by atoms with Crippen LogP contribution in [0.3, 0.4) is 0 Å². The van der Waals surface area contributed by atoms with E-state index in [2.05, 4.69) is 82.6 Å². The molecule has 128 valence electrons. The number of benzene rings is 2. The Hall–Kier alpha value is -2.88. The molecule has 0 aliphatic rings. The Morgan fingerprint density at radius 3 is 2.32 bits per heavy atom. The van der Waals surface area contributed by atoms with Crippen molar-refractivity contribution in [1.82, 2.24) is 9.97 Å². The van der Waals surface area contributed by atoms with Crippen LogP contribution in [0.25, 0.3) is 0 Å². The number of anilines is 2. The van der Waals surface area contributed by atoms with Gasteiger partial charge in [-0.05, 0) is 25.0 Å². The minimum absolute atomic E-state index is 0.188. The van der Waals surface area contributed by atoms with Gasteiger partial charge in [0.05, 0.1) is 0 Å². The maximum atomic E-state index is 4.46. The van der Waals surface area contributed by atoms with E-state index >= 15 is 0 Å². The monoisotopic (exact) mass is 332 g/mol. The van der Waals surface area contributed by atoms with Gasteiger partial charge in [-0.25, -0.2) is 9.97 Å². The maximum absolute atomic E-state index is 4.46. The summed E-state index contributed by atoms with van der Waals surface area (Å²) in [6.07, 6.45) is 1.63. The van der Waals surface area contributed by atoms with E-state index in [-0.39, 0.29) is 6.04 Å². The first-order valence-corrected chi connectivity index (χ1v) is 8.68. The predicted octanol–water partition coefficient (Wildman–Crippen LogP) is 4.68. The summed E-state index contributed by atoms with van der Waals surface area (Å²) in [5.41, 5.74) is 2.51. The van der Waals surface area contributed by atoms with Crippen LogP contribution in [-0.4, -0.2) is 16.5 Å². The number of nitrogens with zero attached hydrogens (tertiary/aromatic N) is 3. The standard InChI is InChI=1S/C21H24N4/c1-3-25(15-18-10-6-4-7-11-18)21-14-20(22-16-23-21)24-17(2)19-12-8-5-9-13-19/h4-14,16-17H,3,15H2,1-2H3,(H,22,23,24). The normalized spacial score (nSPS) is 11.8. The Labute approximate surface area is 149 Å². The average Bonchev–Trinajstić information content (AvgIpc) is 2.68. The first kappa shape index (κ1) is 17.0. The van der Waals surface area contributed by atoms with Crippen LogP contribution in [0.5, 0.6) is 0 Å². The van der Waals surface area contributed by atoms with Crippen molar-refractivity contribution < 1.29 is 0 Å². The van der Waals surface area contributed by atoms with Gasteiger partial charge in [0.15, 0.2) is 0 Å². The van der Waals surface area contributed by atoms with Crippen molar-refractivity contribution in [2.75, 3.05) is 16.8 Å². The highest BCUT2D eigenvalue weighted by Crippen LogP contribution is 2.21. The van der Waals surface area contributed by atoms with E-state index in [0.29, 0.717) is 0 Å². The molecule has 1 atom stereocenters. The first-order valence-electron chi connectivity index (χ1n) is 8.68. The van der Waals surface area contributed by atoms with Gasteiger partial charge in [-0.3, -0.25) is 0 Å². The number of hydrogen-bond acceptors (Lipinski definition) is 4. The highest BCUT2D eigenvalue weighted by atomic mass is 15.2. The van der Waals surface area contributed by atoms with E-state index in [1.807, 2.05) is 18.2 Å². The molecule has 1 heterocycles. The number of rotatable bonds is 7. The molecule has 25 heavy (non-hydrogen) atoms. The second-order valence-corrected chi connectivity index (χ2v) is 6.04. The second-order valence-electron chi connectivity index (χ2n) is 6.04. The summed E-state index contributed by atoms with van der Waals surface area (Å²) >= 11 is 0. The van der Waals surface area contributed by atoms with Crippen LogP contribution in [-0.2, 0) is 6.54 Å². The van der Waals surface area contributed by atoms with Crippen molar-refractivity contribution >= 4 is 11.6 Å². The molecule has 0 aliphatic carbocycles. The molecule has 0 bridgehead atoms. The highest BCUT2D eigenvalue weighted by Gasteiger charge is 2.10. The zero-order valence-electron chi connectivity index (χ0n) is 14.8. The molecule has 3 rings (SSSR count). The Bertz CT molecular complexity index is 774. The third-order valence-corrected chi connectivity index (χ3v) is 4.24. The summed E-state index contributed by atoms with van der Waals surface area (Å²) in [6, 6.07) is 23.0. The topological polar surface area (TPSA) is 41.0 Å². The summed E-state index contributed by atoms with van der Waals surface area (Å²) in [5, 5.41) is 3.46. The van der Waals surface area contributed by atoms with E-state index in [9.17, 15) is 0 Å². The fourth-order valence-electron chi connectivity index (χ4n) is 2.80. The fraction of sp³-hybridized carbons (Fsp3) is 0.238. The van der Waals surface area contributed by atoms with E-state index in [1.54, 1.807) is 6.33 Å². The molecule has 0 radical (unpaired) electrons. The lowest BCUT2D eigenvalue weighted by Crippen LogP contribution is -2.23. The zero-order valence-corrected chi connectivity index (χ0v) is 14.8. The van der Waals surface area contributed by atoms with Crippen LogP contribution in [0, 0.1) is 0 Å². The first-order chi connectivity index (χ1) is 12.3. The van der Waals surface area contributed by atoms with Gasteiger partial charge < -0.3 is 10.2 Å². The van der Waals surface area contributed by atoms with Crippen LogP contribution in [0.4, 0.5) is 11.6 Å².